The maximum absolute atomic E-state index is 11.6. The third-order valence-corrected chi connectivity index (χ3v) is 8.73. The monoisotopic (exact) mass is 588 g/mol. The summed E-state index contributed by atoms with van der Waals surface area (Å²) in [4.78, 5) is 25.2. The molecular formula is C32H30Cl2N4O3. The molecule has 0 atom stereocenters. The molecule has 0 aliphatic carbocycles. The second kappa shape index (κ2) is 11.0. The molecule has 2 aromatic carbocycles. The fraction of sp³-hybridized carbons (Fsp3) is 0.281. The van der Waals surface area contributed by atoms with Crippen molar-refractivity contribution in [2.45, 2.75) is 13.5 Å². The third kappa shape index (κ3) is 5.14. The molecule has 0 bridgehead atoms. The minimum absolute atomic E-state index is 0.155. The lowest BCUT2D eigenvalue weighted by molar-refractivity contribution is -0.157. The molecule has 210 valence electrons. The number of likely N-dealkylation sites (tertiary alicyclic amines) is 2. The Hall–Kier alpha value is -3.65. The lowest BCUT2D eigenvalue weighted by Crippen LogP contribution is -2.72. The molecule has 4 aromatic rings. The van der Waals surface area contributed by atoms with Gasteiger partial charge in [-0.15, -0.1) is 0 Å². The Kier molecular flexibility index (Phi) is 7.36. The standard InChI is InChI=1S/C32H30Cl2N4O3/c1-20(39)38-18-32(19-38)16-37(17-32)15-21-13-14-27(36-31(21)41-3)25-10-5-8-23(30(25)34)22-7-4-9-24(29(22)33)26-11-6-12-28(35-26)40-2/h4-14H,15-19H2,1-3H3. The van der Waals surface area contributed by atoms with E-state index in [1.165, 1.54) is 0 Å². The van der Waals surface area contributed by atoms with Gasteiger partial charge in [0.2, 0.25) is 17.7 Å². The van der Waals surface area contributed by atoms with Crippen LogP contribution in [0.5, 0.6) is 11.8 Å². The maximum atomic E-state index is 11.6. The maximum Gasteiger partial charge on any atom is 0.219 e. The minimum atomic E-state index is 0.155. The van der Waals surface area contributed by atoms with Crippen LogP contribution in [0.4, 0.5) is 0 Å². The van der Waals surface area contributed by atoms with Crippen LogP contribution in [0.2, 0.25) is 10.0 Å². The number of rotatable bonds is 7. The van der Waals surface area contributed by atoms with Crippen LogP contribution in [0.3, 0.4) is 0 Å². The number of hydrogen-bond acceptors (Lipinski definition) is 6. The fourth-order valence-corrected chi connectivity index (χ4v) is 6.56. The second-order valence-corrected chi connectivity index (χ2v) is 11.5. The third-order valence-electron chi connectivity index (χ3n) is 7.91. The van der Waals surface area contributed by atoms with Crippen molar-refractivity contribution in [3.05, 3.63) is 82.3 Å². The Morgan fingerprint density at radius 2 is 1.37 bits per heavy atom. The molecule has 2 fully saturated rings. The van der Waals surface area contributed by atoms with Crippen LogP contribution >= 0.6 is 23.2 Å². The lowest BCUT2D eigenvalue weighted by atomic mass is 9.72. The number of pyridine rings is 2. The Balaban J connectivity index is 1.25. The van der Waals surface area contributed by atoms with Crippen molar-refractivity contribution < 1.29 is 14.3 Å². The number of benzene rings is 2. The molecule has 0 saturated carbocycles. The average Bonchev–Trinajstić information content (AvgIpc) is 2.94. The number of halogens is 2. The molecule has 4 heterocycles. The van der Waals surface area contributed by atoms with E-state index in [0.29, 0.717) is 27.5 Å². The van der Waals surface area contributed by atoms with Gasteiger partial charge in [-0.3, -0.25) is 9.69 Å². The zero-order valence-corrected chi connectivity index (χ0v) is 24.7. The first kappa shape index (κ1) is 27.5. The van der Waals surface area contributed by atoms with E-state index in [1.807, 2.05) is 59.5 Å². The van der Waals surface area contributed by atoms with E-state index in [0.717, 1.165) is 66.2 Å². The summed E-state index contributed by atoms with van der Waals surface area (Å²) in [6, 6.07) is 21.3. The Labute approximate surface area is 249 Å². The van der Waals surface area contributed by atoms with Gasteiger partial charge in [0.1, 0.15) is 0 Å². The summed E-state index contributed by atoms with van der Waals surface area (Å²) in [5, 5.41) is 1.11. The van der Waals surface area contributed by atoms with Gasteiger partial charge in [-0.2, -0.15) is 0 Å². The lowest BCUT2D eigenvalue weighted by Gasteiger charge is -2.60. The number of nitrogens with zero attached hydrogens (tertiary/aromatic N) is 4. The average molecular weight is 590 g/mol. The van der Waals surface area contributed by atoms with Gasteiger partial charge in [0, 0.05) is 78.9 Å². The predicted octanol–water partition coefficient (Wildman–Crippen LogP) is 6.47. The van der Waals surface area contributed by atoms with Crippen LogP contribution in [0, 0.1) is 5.41 Å². The molecule has 0 radical (unpaired) electrons. The van der Waals surface area contributed by atoms with Crippen molar-refractivity contribution >= 4 is 29.1 Å². The molecule has 9 heteroatoms. The summed E-state index contributed by atoms with van der Waals surface area (Å²) in [6.07, 6.45) is 0. The molecule has 2 saturated heterocycles. The van der Waals surface area contributed by atoms with E-state index in [4.69, 9.17) is 37.7 Å². The topological polar surface area (TPSA) is 67.8 Å². The zero-order valence-electron chi connectivity index (χ0n) is 23.2. The van der Waals surface area contributed by atoms with Crippen LogP contribution in [0.15, 0.2) is 66.7 Å². The normalized spacial score (nSPS) is 15.8. The van der Waals surface area contributed by atoms with Crippen LogP contribution in [0.25, 0.3) is 33.6 Å². The number of aromatic nitrogens is 2. The molecule has 6 rings (SSSR count). The van der Waals surface area contributed by atoms with Gasteiger partial charge in [0.05, 0.1) is 35.7 Å². The summed E-state index contributed by atoms with van der Waals surface area (Å²) in [7, 11) is 3.23. The van der Waals surface area contributed by atoms with Gasteiger partial charge in [-0.1, -0.05) is 71.7 Å². The van der Waals surface area contributed by atoms with Crippen molar-refractivity contribution in [1.82, 2.24) is 19.8 Å². The van der Waals surface area contributed by atoms with Gasteiger partial charge in [-0.05, 0) is 12.1 Å². The fourth-order valence-electron chi connectivity index (χ4n) is 5.91. The van der Waals surface area contributed by atoms with Crippen LogP contribution in [-0.4, -0.2) is 66.1 Å². The highest BCUT2D eigenvalue weighted by atomic mass is 35.5. The number of amides is 1. The first-order valence-electron chi connectivity index (χ1n) is 13.4. The second-order valence-electron chi connectivity index (χ2n) is 10.8. The molecule has 1 amide bonds. The van der Waals surface area contributed by atoms with Crippen LogP contribution in [0.1, 0.15) is 12.5 Å². The van der Waals surface area contributed by atoms with E-state index >= 15 is 0 Å². The summed E-state index contributed by atoms with van der Waals surface area (Å²) in [5.74, 6) is 1.25. The van der Waals surface area contributed by atoms with E-state index in [9.17, 15) is 4.79 Å². The summed E-state index contributed by atoms with van der Waals surface area (Å²) in [6.45, 7) is 6.03. The molecule has 0 unspecified atom stereocenters. The molecule has 7 nitrogen and oxygen atoms in total. The smallest absolute Gasteiger partial charge is 0.219 e. The van der Waals surface area contributed by atoms with Crippen molar-refractivity contribution in [3.8, 4) is 45.4 Å². The number of carbonyl (C=O) groups excluding carboxylic acids is 1. The highest BCUT2D eigenvalue weighted by Crippen LogP contribution is 2.43. The van der Waals surface area contributed by atoms with E-state index in [2.05, 4.69) is 16.0 Å². The van der Waals surface area contributed by atoms with Crippen molar-refractivity contribution in [2.24, 2.45) is 5.41 Å². The molecule has 0 N–H and O–H groups in total. The summed E-state index contributed by atoms with van der Waals surface area (Å²) >= 11 is 14.0. The van der Waals surface area contributed by atoms with Crippen molar-refractivity contribution in [3.63, 3.8) is 0 Å². The largest absolute Gasteiger partial charge is 0.481 e. The number of methoxy groups -OCH3 is 2. The van der Waals surface area contributed by atoms with Crippen molar-refractivity contribution in [1.29, 1.82) is 0 Å². The molecular weight excluding hydrogens is 559 g/mol. The molecule has 41 heavy (non-hydrogen) atoms. The number of hydrogen-bond donors (Lipinski definition) is 0. The predicted molar refractivity (Wildman–Crippen MR) is 161 cm³/mol. The highest BCUT2D eigenvalue weighted by Gasteiger charge is 2.52. The van der Waals surface area contributed by atoms with E-state index < -0.39 is 0 Å². The summed E-state index contributed by atoms with van der Waals surface area (Å²) < 4.78 is 11.0. The SMILES string of the molecule is COc1cccc(-c2cccc(-c3cccc(-c4ccc(CN5CC6(C5)CN(C(C)=O)C6)c(OC)n4)c3Cl)c2Cl)n1. The first-order chi connectivity index (χ1) is 19.8. The molecule has 2 aromatic heterocycles. The van der Waals surface area contributed by atoms with Crippen LogP contribution < -0.4 is 9.47 Å². The minimum Gasteiger partial charge on any atom is -0.481 e. The van der Waals surface area contributed by atoms with Gasteiger partial charge >= 0.3 is 0 Å². The van der Waals surface area contributed by atoms with Gasteiger partial charge in [0.25, 0.3) is 0 Å². The van der Waals surface area contributed by atoms with Crippen LogP contribution in [-0.2, 0) is 11.3 Å². The molecule has 2 aliphatic heterocycles. The van der Waals surface area contributed by atoms with E-state index in [1.54, 1.807) is 27.2 Å². The van der Waals surface area contributed by atoms with E-state index in [-0.39, 0.29) is 11.3 Å². The van der Waals surface area contributed by atoms with Gasteiger partial charge in [-0.25, -0.2) is 9.97 Å². The Morgan fingerprint density at radius 1 is 0.780 bits per heavy atom. The Morgan fingerprint density at radius 3 is 1.95 bits per heavy atom. The highest BCUT2D eigenvalue weighted by molar-refractivity contribution is 6.39. The molecule has 2 aliphatic rings. The quantitative estimate of drug-likeness (QED) is 0.246. The van der Waals surface area contributed by atoms with Crippen molar-refractivity contribution in [2.75, 3.05) is 40.4 Å². The van der Waals surface area contributed by atoms with Gasteiger partial charge in [0.15, 0.2) is 0 Å². The zero-order chi connectivity index (χ0) is 28.7. The Bertz CT molecular complexity index is 1630. The molecule has 1 spiro atoms. The van der Waals surface area contributed by atoms with Gasteiger partial charge < -0.3 is 14.4 Å². The first-order valence-corrected chi connectivity index (χ1v) is 14.2. The number of ether oxygens (including phenoxy) is 2. The number of carbonyl (C=O) groups is 1. The summed E-state index contributed by atoms with van der Waals surface area (Å²) in [5.41, 5.74) is 5.88.